The number of carbonyl (C=O) groups excluding carboxylic acids is 1. The van der Waals surface area contributed by atoms with Crippen molar-refractivity contribution in [3.05, 3.63) is 0 Å². The number of hydrogen-bond donors (Lipinski definition) is 0. The highest BCUT2D eigenvalue weighted by Crippen LogP contribution is 2.50. The Labute approximate surface area is 66.9 Å². The van der Waals surface area contributed by atoms with E-state index in [1.165, 1.54) is 0 Å². The third-order valence-electron chi connectivity index (χ3n) is 3.08. The molecule has 0 aromatic carbocycles. The Hall–Kier alpha value is -0.370. The molecule has 1 saturated heterocycles. The fourth-order valence-electron chi connectivity index (χ4n) is 2.46. The van der Waals surface area contributed by atoms with E-state index in [9.17, 15) is 4.79 Å². The lowest BCUT2D eigenvalue weighted by Gasteiger charge is -2.31. The average Bonchev–Trinajstić information content (AvgIpc) is 2.15. The van der Waals surface area contributed by atoms with Gasteiger partial charge in [0.15, 0.2) is 5.78 Å². The Morgan fingerprint density at radius 2 is 2.09 bits per heavy atom. The maximum atomic E-state index is 11.6. The van der Waals surface area contributed by atoms with Gasteiger partial charge in [-0.15, -0.1) is 0 Å². The zero-order chi connectivity index (χ0) is 8.28. The lowest BCUT2D eigenvalue weighted by Crippen LogP contribution is -2.35. The molecule has 0 N–H and O–H groups in total. The van der Waals surface area contributed by atoms with Crippen molar-refractivity contribution in [2.45, 2.75) is 44.8 Å². The maximum Gasteiger partial charge on any atom is 0.170 e. The van der Waals surface area contributed by atoms with E-state index >= 15 is 0 Å². The summed E-state index contributed by atoms with van der Waals surface area (Å²) in [6.07, 6.45) is 1.93. The highest BCUT2D eigenvalue weighted by atomic mass is 16.5. The second-order valence-electron chi connectivity index (χ2n) is 4.39. The van der Waals surface area contributed by atoms with E-state index in [1.54, 1.807) is 0 Å². The summed E-state index contributed by atoms with van der Waals surface area (Å²) in [6.45, 7) is 5.95. The molecule has 2 nitrogen and oxygen atoms in total. The Morgan fingerprint density at radius 1 is 1.45 bits per heavy atom. The smallest absolute Gasteiger partial charge is 0.170 e. The molecule has 0 radical (unpaired) electrons. The average molecular weight is 154 g/mol. The van der Waals surface area contributed by atoms with Gasteiger partial charge in [0.05, 0.1) is 5.60 Å². The van der Waals surface area contributed by atoms with Crippen molar-refractivity contribution in [3.8, 4) is 0 Å². The van der Waals surface area contributed by atoms with Crippen molar-refractivity contribution in [2.75, 3.05) is 0 Å². The lowest BCUT2D eigenvalue weighted by atomic mass is 9.90. The third-order valence-corrected chi connectivity index (χ3v) is 3.08. The summed E-state index contributed by atoms with van der Waals surface area (Å²) < 4.78 is 5.70. The highest BCUT2D eigenvalue weighted by Gasteiger charge is 2.60. The molecule has 2 heteroatoms. The molecule has 11 heavy (non-hydrogen) atoms. The van der Waals surface area contributed by atoms with Crippen LogP contribution >= 0.6 is 0 Å². The maximum absolute atomic E-state index is 11.6. The number of rotatable bonds is 0. The topological polar surface area (TPSA) is 26.3 Å². The molecule has 2 rings (SSSR count). The number of ketones is 1. The van der Waals surface area contributed by atoms with Crippen molar-refractivity contribution >= 4 is 5.78 Å². The first-order valence-electron chi connectivity index (χ1n) is 4.20. The van der Waals surface area contributed by atoms with Gasteiger partial charge in [0.25, 0.3) is 0 Å². The molecule has 0 aromatic heterocycles. The predicted molar refractivity (Wildman–Crippen MR) is 41.3 cm³/mol. The lowest BCUT2D eigenvalue weighted by molar-refractivity contribution is -0.136. The Bertz CT molecular complexity index is 220. The molecule has 0 amide bonds. The number of ether oxygens (including phenoxy) is 1. The largest absolute Gasteiger partial charge is 0.361 e. The van der Waals surface area contributed by atoms with Crippen LogP contribution < -0.4 is 0 Å². The summed E-state index contributed by atoms with van der Waals surface area (Å²) >= 11 is 0. The molecule has 1 saturated carbocycles. The molecule has 2 unspecified atom stereocenters. The Morgan fingerprint density at radius 3 is 2.27 bits per heavy atom. The van der Waals surface area contributed by atoms with E-state index in [-0.39, 0.29) is 11.5 Å². The zero-order valence-corrected chi connectivity index (χ0v) is 7.31. The van der Waals surface area contributed by atoms with Crippen LogP contribution in [0.2, 0.25) is 0 Å². The minimum absolute atomic E-state index is 0.160. The van der Waals surface area contributed by atoms with Crippen LogP contribution in [0.25, 0.3) is 0 Å². The molecule has 2 bridgehead atoms. The fraction of sp³-hybridized carbons (Fsp3) is 0.889. The summed E-state index contributed by atoms with van der Waals surface area (Å²) in [4.78, 5) is 11.6. The highest BCUT2D eigenvalue weighted by molar-refractivity contribution is 5.94. The van der Waals surface area contributed by atoms with Crippen molar-refractivity contribution in [1.29, 1.82) is 0 Å². The SMILES string of the molecule is CC12CCC(C1=O)C(C)(C)O2. The van der Waals surface area contributed by atoms with Crippen molar-refractivity contribution in [2.24, 2.45) is 5.92 Å². The molecule has 1 aliphatic carbocycles. The van der Waals surface area contributed by atoms with Crippen LogP contribution in [0.3, 0.4) is 0 Å². The Balaban J connectivity index is 2.40. The standard InChI is InChI=1S/C9H14O2/c1-8(2)6-4-5-9(3,11-8)7(6)10/h6H,4-5H2,1-3H3. The fourth-order valence-corrected chi connectivity index (χ4v) is 2.46. The van der Waals surface area contributed by atoms with E-state index in [2.05, 4.69) is 0 Å². The van der Waals surface area contributed by atoms with Gasteiger partial charge in [-0.25, -0.2) is 0 Å². The van der Waals surface area contributed by atoms with Crippen LogP contribution in [0.5, 0.6) is 0 Å². The van der Waals surface area contributed by atoms with Gasteiger partial charge in [-0.05, 0) is 33.6 Å². The molecule has 2 aliphatic rings. The van der Waals surface area contributed by atoms with Crippen LogP contribution in [0.15, 0.2) is 0 Å². The van der Waals surface area contributed by atoms with Crippen LogP contribution in [0.1, 0.15) is 33.6 Å². The zero-order valence-electron chi connectivity index (χ0n) is 7.31. The molecule has 0 spiro atoms. The number of carbonyl (C=O) groups is 1. The first-order chi connectivity index (χ1) is 4.96. The van der Waals surface area contributed by atoms with E-state index in [0.717, 1.165) is 12.8 Å². The molecular weight excluding hydrogens is 140 g/mol. The van der Waals surface area contributed by atoms with E-state index in [0.29, 0.717) is 5.78 Å². The van der Waals surface area contributed by atoms with E-state index in [1.807, 2.05) is 20.8 Å². The van der Waals surface area contributed by atoms with Crippen molar-refractivity contribution in [1.82, 2.24) is 0 Å². The van der Waals surface area contributed by atoms with Gasteiger partial charge in [0.2, 0.25) is 0 Å². The Kier molecular flexibility index (Phi) is 1.12. The van der Waals surface area contributed by atoms with Gasteiger partial charge in [-0.1, -0.05) is 0 Å². The van der Waals surface area contributed by atoms with Gasteiger partial charge < -0.3 is 4.74 Å². The van der Waals surface area contributed by atoms with E-state index < -0.39 is 5.60 Å². The van der Waals surface area contributed by atoms with Crippen LogP contribution in [0.4, 0.5) is 0 Å². The molecule has 62 valence electrons. The van der Waals surface area contributed by atoms with Gasteiger partial charge in [-0.2, -0.15) is 0 Å². The molecule has 0 aromatic rings. The van der Waals surface area contributed by atoms with Crippen molar-refractivity contribution in [3.63, 3.8) is 0 Å². The summed E-state index contributed by atoms with van der Waals surface area (Å²) in [5.74, 6) is 0.481. The summed E-state index contributed by atoms with van der Waals surface area (Å²) in [5.41, 5.74) is -0.641. The molecular formula is C9H14O2. The molecule has 1 heterocycles. The summed E-state index contributed by atoms with van der Waals surface area (Å²) in [5, 5.41) is 0. The minimum atomic E-state index is -0.436. The van der Waals surface area contributed by atoms with Gasteiger partial charge in [-0.3, -0.25) is 4.79 Å². The molecule has 2 fully saturated rings. The second kappa shape index (κ2) is 1.69. The van der Waals surface area contributed by atoms with Crippen LogP contribution in [-0.4, -0.2) is 17.0 Å². The molecule has 1 aliphatic heterocycles. The van der Waals surface area contributed by atoms with Crippen molar-refractivity contribution < 1.29 is 9.53 Å². The van der Waals surface area contributed by atoms with Gasteiger partial charge >= 0.3 is 0 Å². The quantitative estimate of drug-likeness (QED) is 0.529. The van der Waals surface area contributed by atoms with Crippen LogP contribution in [-0.2, 0) is 9.53 Å². The van der Waals surface area contributed by atoms with Gasteiger partial charge in [0.1, 0.15) is 5.60 Å². The molecule has 2 atom stereocenters. The van der Waals surface area contributed by atoms with Crippen LogP contribution in [0, 0.1) is 5.92 Å². The first kappa shape index (κ1) is 7.29. The number of Topliss-reactive ketones (excluding diaryl/α,β-unsaturated/α-hetero) is 1. The first-order valence-corrected chi connectivity index (χ1v) is 4.20. The number of fused-ring (bicyclic) bond motifs is 2. The van der Waals surface area contributed by atoms with E-state index in [4.69, 9.17) is 4.74 Å². The predicted octanol–water partition coefficient (Wildman–Crippen LogP) is 1.53. The number of hydrogen-bond acceptors (Lipinski definition) is 2. The monoisotopic (exact) mass is 154 g/mol. The summed E-state index contributed by atoms with van der Waals surface area (Å²) in [7, 11) is 0. The third kappa shape index (κ3) is 0.734. The normalized spacial score (nSPS) is 46.8. The van der Waals surface area contributed by atoms with Gasteiger partial charge in [0, 0.05) is 5.92 Å². The summed E-state index contributed by atoms with van der Waals surface area (Å²) in [6, 6.07) is 0. The minimum Gasteiger partial charge on any atom is -0.361 e. The second-order valence-corrected chi connectivity index (χ2v) is 4.39.